The summed E-state index contributed by atoms with van der Waals surface area (Å²) in [5.74, 6) is 0.873. The standard InChI is InChI=1S/C25H26N4O6S2/c1-5-33-21-14-17(8-9-19(21)34-10-11-35-20-12-15(2)6-7-16(20)3)13-18-22(26)29-24(27-23(18)30)36-25(28-29)37(4,31)32/h6-9,12-14,26H,5,10-11H2,1-4H3/b18-13+,26-22?. The third-order valence-electron chi connectivity index (χ3n) is 5.27. The van der Waals surface area contributed by atoms with Gasteiger partial charge >= 0.3 is 0 Å². The zero-order valence-electron chi connectivity index (χ0n) is 20.8. The molecule has 0 unspecified atom stereocenters. The van der Waals surface area contributed by atoms with Crippen molar-refractivity contribution in [1.29, 1.82) is 5.41 Å². The van der Waals surface area contributed by atoms with Crippen LogP contribution in [0.5, 0.6) is 17.2 Å². The number of nitrogens with one attached hydrogen (secondary N) is 1. The number of sulfone groups is 1. The maximum atomic E-state index is 12.6. The van der Waals surface area contributed by atoms with Crippen LogP contribution in [-0.2, 0) is 14.6 Å². The molecule has 0 fully saturated rings. The molecule has 2 heterocycles. The van der Waals surface area contributed by atoms with E-state index in [4.69, 9.17) is 19.6 Å². The molecule has 0 bridgehead atoms. The van der Waals surface area contributed by atoms with Crippen LogP contribution in [0.1, 0.15) is 23.6 Å². The van der Waals surface area contributed by atoms with Gasteiger partial charge in [0.15, 0.2) is 17.3 Å². The third-order valence-corrected chi connectivity index (χ3v) is 7.85. The molecule has 1 N–H and O–H groups in total. The number of ether oxygens (including phenoxy) is 3. The van der Waals surface area contributed by atoms with E-state index in [1.165, 1.54) is 6.08 Å². The molecule has 12 heteroatoms. The molecule has 2 aliphatic rings. The summed E-state index contributed by atoms with van der Waals surface area (Å²) in [6.45, 7) is 6.87. The number of carbonyl (C=O) groups is 1. The van der Waals surface area contributed by atoms with E-state index in [2.05, 4.69) is 10.1 Å². The van der Waals surface area contributed by atoms with Crippen LogP contribution in [0.25, 0.3) is 6.08 Å². The highest BCUT2D eigenvalue weighted by Gasteiger charge is 2.38. The summed E-state index contributed by atoms with van der Waals surface area (Å²) in [7, 11) is -3.60. The first-order valence-corrected chi connectivity index (χ1v) is 14.1. The number of amides is 1. The largest absolute Gasteiger partial charge is 0.490 e. The molecule has 37 heavy (non-hydrogen) atoms. The SMILES string of the molecule is CCOc1cc(/C=C2\C(=N)N3N=C(S(C)(=O)=O)SC3=NC2=O)ccc1OCCOc1cc(C)ccc1C. The fourth-order valence-electron chi connectivity index (χ4n) is 3.46. The fourth-order valence-corrected chi connectivity index (χ4v) is 5.14. The van der Waals surface area contributed by atoms with E-state index >= 15 is 0 Å². The molecule has 194 valence electrons. The van der Waals surface area contributed by atoms with E-state index in [1.807, 2.05) is 39.0 Å². The lowest BCUT2D eigenvalue weighted by Crippen LogP contribution is -2.35. The maximum absolute atomic E-state index is 12.6. The Bertz CT molecular complexity index is 1460. The second kappa shape index (κ2) is 10.8. The zero-order valence-corrected chi connectivity index (χ0v) is 22.4. The molecule has 0 saturated heterocycles. The number of aryl methyl sites for hydroxylation is 2. The quantitative estimate of drug-likeness (QED) is 0.394. The molecule has 1 amide bonds. The topological polar surface area (TPSA) is 131 Å². The van der Waals surface area contributed by atoms with Gasteiger partial charge in [-0.3, -0.25) is 10.2 Å². The second-order valence-electron chi connectivity index (χ2n) is 8.26. The number of rotatable bonds is 8. The molecule has 0 spiro atoms. The van der Waals surface area contributed by atoms with Gasteiger partial charge in [0.25, 0.3) is 5.91 Å². The van der Waals surface area contributed by atoms with Crippen LogP contribution < -0.4 is 14.2 Å². The number of nitrogens with zero attached hydrogens (tertiary/aromatic N) is 3. The highest BCUT2D eigenvalue weighted by Crippen LogP contribution is 2.32. The Morgan fingerprint density at radius 2 is 1.76 bits per heavy atom. The minimum absolute atomic E-state index is 0.0270. The Balaban J connectivity index is 1.49. The molecule has 4 rings (SSSR count). The number of fused-ring (bicyclic) bond motifs is 1. The van der Waals surface area contributed by atoms with Crippen LogP contribution in [0.4, 0.5) is 0 Å². The lowest BCUT2D eigenvalue weighted by Gasteiger charge is -2.20. The summed E-state index contributed by atoms with van der Waals surface area (Å²) in [6, 6.07) is 11.2. The van der Waals surface area contributed by atoms with Crippen LogP contribution >= 0.6 is 11.8 Å². The van der Waals surface area contributed by atoms with Crippen molar-refractivity contribution in [1.82, 2.24) is 5.01 Å². The molecule has 2 aromatic rings. The first kappa shape index (κ1) is 26.4. The van der Waals surface area contributed by atoms with Crippen LogP contribution in [0.3, 0.4) is 0 Å². The molecule has 0 saturated carbocycles. The van der Waals surface area contributed by atoms with E-state index in [0.717, 1.165) is 39.9 Å². The summed E-state index contributed by atoms with van der Waals surface area (Å²) >= 11 is 0.740. The number of carbonyl (C=O) groups excluding carboxylic acids is 1. The number of aliphatic imine (C=N–C) groups is 1. The van der Waals surface area contributed by atoms with Crippen molar-refractivity contribution in [3.05, 3.63) is 58.7 Å². The average molecular weight is 543 g/mol. The molecular weight excluding hydrogens is 516 g/mol. The van der Waals surface area contributed by atoms with Gasteiger partial charge in [-0.15, -0.1) is 5.10 Å². The van der Waals surface area contributed by atoms with E-state index in [-0.39, 0.29) is 21.0 Å². The molecule has 2 aliphatic heterocycles. The predicted molar refractivity (Wildman–Crippen MR) is 144 cm³/mol. The van der Waals surface area contributed by atoms with E-state index in [0.29, 0.717) is 36.9 Å². The molecular formula is C25H26N4O6S2. The monoisotopic (exact) mass is 542 g/mol. The highest BCUT2D eigenvalue weighted by atomic mass is 32.3. The highest BCUT2D eigenvalue weighted by molar-refractivity contribution is 8.42. The first-order valence-electron chi connectivity index (χ1n) is 11.4. The summed E-state index contributed by atoms with van der Waals surface area (Å²) in [4.78, 5) is 16.5. The molecule has 0 atom stereocenters. The summed E-state index contributed by atoms with van der Waals surface area (Å²) in [5, 5.41) is 13.4. The van der Waals surface area contributed by atoms with Crippen molar-refractivity contribution in [2.45, 2.75) is 20.8 Å². The van der Waals surface area contributed by atoms with Crippen molar-refractivity contribution in [3.63, 3.8) is 0 Å². The number of thioether (sulfide) groups is 1. The van der Waals surface area contributed by atoms with Crippen LogP contribution in [0.15, 0.2) is 52.1 Å². The smallest absolute Gasteiger partial charge is 0.283 e. The van der Waals surface area contributed by atoms with Gasteiger partial charge in [-0.1, -0.05) is 18.2 Å². The van der Waals surface area contributed by atoms with Crippen LogP contribution in [0.2, 0.25) is 0 Å². The van der Waals surface area contributed by atoms with Gasteiger partial charge in [0.05, 0.1) is 12.2 Å². The average Bonchev–Trinajstić information content (AvgIpc) is 3.28. The molecule has 2 aromatic carbocycles. The number of hydrazone groups is 1. The van der Waals surface area contributed by atoms with E-state index in [9.17, 15) is 13.2 Å². The summed E-state index contributed by atoms with van der Waals surface area (Å²) in [5.41, 5.74) is 2.71. The third kappa shape index (κ3) is 6.03. The molecule has 10 nitrogen and oxygen atoms in total. The van der Waals surface area contributed by atoms with Gasteiger partial charge in [0.1, 0.15) is 19.0 Å². The zero-order chi connectivity index (χ0) is 26.7. The number of hydrogen-bond acceptors (Lipinski definition) is 9. The fraction of sp³-hybridized carbons (Fsp3) is 0.280. The Morgan fingerprint density at radius 3 is 2.46 bits per heavy atom. The van der Waals surface area contributed by atoms with Gasteiger partial charge in [0, 0.05) is 6.26 Å². The van der Waals surface area contributed by atoms with Crippen molar-refractivity contribution in [2.75, 3.05) is 26.1 Å². The Morgan fingerprint density at radius 1 is 1.03 bits per heavy atom. The summed E-state index contributed by atoms with van der Waals surface area (Å²) in [6.07, 6.45) is 2.49. The Kier molecular flexibility index (Phi) is 7.69. The van der Waals surface area contributed by atoms with Crippen molar-refractivity contribution < 1.29 is 27.4 Å². The van der Waals surface area contributed by atoms with Crippen molar-refractivity contribution >= 4 is 49.0 Å². The van der Waals surface area contributed by atoms with E-state index in [1.54, 1.807) is 18.2 Å². The first-order chi connectivity index (χ1) is 17.6. The van der Waals surface area contributed by atoms with Crippen LogP contribution in [-0.4, -0.2) is 60.8 Å². The number of benzene rings is 2. The molecule has 0 aliphatic carbocycles. The van der Waals surface area contributed by atoms with Gasteiger partial charge in [-0.2, -0.15) is 10.0 Å². The van der Waals surface area contributed by atoms with Gasteiger partial charge < -0.3 is 14.2 Å². The van der Waals surface area contributed by atoms with Crippen molar-refractivity contribution in [3.8, 4) is 17.2 Å². The number of amidine groups is 2. The predicted octanol–water partition coefficient (Wildman–Crippen LogP) is 3.78. The minimum atomic E-state index is -3.60. The Labute approximate surface area is 219 Å². The van der Waals surface area contributed by atoms with Crippen LogP contribution in [0, 0.1) is 19.3 Å². The van der Waals surface area contributed by atoms with E-state index < -0.39 is 15.7 Å². The van der Waals surface area contributed by atoms with Gasteiger partial charge in [-0.25, -0.2) is 8.42 Å². The molecule has 0 aromatic heterocycles. The normalized spacial score (nSPS) is 16.4. The second-order valence-corrected chi connectivity index (χ2v) is 11.4. The maximum Gasteiger partial charge on any atom is 0.283 e. The lowest BCUT2D eigenvalue weighted by molar-refractivity contribution is -0.114. The van der Waals surface area contributed by atoms with Crippen molar-refractivity contribution in [2.24, 2.45) is 10.1 Å². The summed E-state index contributed by atoms with van der Waals surface area (Å²) < 4.78 is 40.9. The van der Waals surface area contributed by atoms with Gasteiger partial charge in [0.2, 0.25) is 19.4 Å². The number of hydrogen-bond donors (Lipinski definition) is 1. The lowest BCUT2D eigenvalue weighted by atomic mass is 10.1. The van der Waals surface area contributed by atoms with Gasteiger partial charge in [-0.05, 0) is 73.5 Å². The minimum Gasteiger partial charge on any atom is -0.490 e. The Hall–Kier alpha value is -3.64. The molecule has 0 radical (unpaired) electrons.